The van der Waals surface area contributed by atoms with E-state index in [1.54, 1.807) is 0 Å². The van der Waals surface area contributed by atoms with Crippen LogP contribution in [0.15, 0.2) is 47.4 Å². The Balaban J connectivity index is 3.12. The number of primary sulfonamides is 1. The fourth-order valence-corrected chi connectivity index (χ4v) is 3.28. The Morgan fingerprint density at radius 3 is 1.74 bits per heavy atom. The van der Waals surface area contributed by atoms with Crippen LogP contribution in [0.2, 0.25) is 0 Å². The van der Waals surface area contributed by atoms with E-state index < -0.39 is 98.6 Å². The first-order valence-corrected chi connectivity index (χ1v) is 11.4. The van der Waals surface area contributed by atoms with Gasteiger partial charge in [-0.2, -0.15) is 43.9 Å². The number of halogens is 10. The molecule has 0 unspecified atom stereocenters. The van der Waals surface area contributed by atoms with Gasteiger partial charge in [0, 0.05) is 31.3 Å². The largest absolute Gasteiger partial charge is 0.478 e. The van der Waals surface area contributed by atoms with E-state index in [1.807, 2.05) is 0 Å². The lowest BCUT2D eigenvalue weighted by Gasteiger charge is -2.31. The summed E-state index contributed by atoms with van der Waals surface area (Å²) >= 11 is 0. The van der Waals surface area contributed by atoms with Gasteiger partial charge in [0.2, 0.25) is 10.0 Å². The topological polar surface area (TPSA) is 110 Å². The molecule has 2 rings (SSSR count). The molecule has 0 aliphatic carbocycles. The quantitative estimate of drug-likeness (QED) is 0.314. The Morgan fingerprint density at radius 1 is 0.897 bits per heavy atom. The molecule has 39 heavy (non-hydrogen) atoms. The molecule has 0 aliphatic rings. The molecule has 0 bridgehead atoms. The molecule has 0 aliphatic heterocycles. The van der Waals surface area contributed by atoms with Gasteiger partial charge in [-0.05, 0) is 24.3 Å². The van der Waals surface area contributed by atoms with Gasteiger partial charge in [0.15, 0.2) is 5.75 Å². The lowest BCUT2D eigenvalue weighted by atomic mass is 10.1. The molecule has 0 spiro atoms. The van der Waals surface area contributed by atoms with Crippen LogP contribution in [-0.2, 0) is 10.0 Å². The highest BCUT2D eigenvalue weighted by molar-refractivity contribution is 7.89. The highest BCUT2D eigenvalue weighted by atomic mass is 32.2. The molecule has 2 aromatic carbocycles. The average Bonchev–Trinajstić information content (AvgIpc) is 2.76. The van der Waals surface area contributed by atoms with E-state index >= 15 is 0 Å². The van der Waals surface area contributed by atoms with Crippen LogP contribution >= 0.6 is 0 Å². The van der Waals surface area contributed by atoms with Crippen molar-refractivity contribution in [1.82, 2.24) is 0 Å². The third kappa shape index (κ3) is 7.87. The van der Waals surface area contributed by atoms with Crippen LogP contribution in [0.25, 0.3) is 0 Å². The number of rotatable bonds is 11. The number of carboxylic acid groups (broad SMARTS) is 1. The number of ether oxygens (including phenoxy) is 1. The third-order valence-corrected chi connectivity index (χ3v) is 5.46. The van der Waals surface area contributed by atoms with Crippen LogP contribution in [0.4, 0.5) is 49.6 Å². The summed E-state index contributed by atoms with van der Waals surface area (Å²) in [6.07, 6.45) is -19.5. The van der Waals surface area contributed by atoms with E-state index in [4.69, 9.17) is 15.4 Å². The maximum Gasteiger partial charge on any atom is 0.453 e. The van der Waals surface area contributed by atoms with Crippen molar-refractivity contribution in [3.8, 4) is 11.5 Å². The van der Waals surface area contributed by atoms with Crippen LogP contribution in [0.3, 0.4) is 0 Å². The van der Waals surface area contributed by atoms with E-state index in [0.29, 0.717) is 0 Å². The summed E-state index contributed by atoms with van der Waals surface area (Å²) in [5.41, 5.74) is -3.11. The number of alkyl halides is 10. The fraction of sp³-hybridized carbons (Fsp3) is 0.381. The number of nitrogens with zero attached hydrogens (tertiary/aromatic N) is 1. The van der Waals surface area contributed by atoms with E-state index in [0.717, 1.165) is 12.1 Å². The van der Waals surface area contributed by atoms with Crippen LogP contribution < -0.4 is 14.8 Å². The molecule has 0 heterocycles. The minimum absolute atomic E-state index is 0.00239. The van der Waals surface area contributed by atoms with Crippen molar-refractivity contribution in [2.45, 2.75) is 41.9 Å². The second-order valence-electron chi connectivity index (χ2n) is 7.50. The number of anilines is 1. The number of benzene rings is 2. The van der Waals surface area contributed by atoms with Gasteiger partial charge in [-0.15, -0.1) is 0 Å². The van der Waals surface area contributed by atoms with Crippen LogP contribution in [0.1, 0.15) is 28.7 Å². The lowest BCUT2D eigenvalue weighted by Crippen LogP contribution is -2.43. The summed E-state index contributed by atoms with van der Waals surface area (Å²) in [4.78, 5) is 9.11. The monoisotopic (exact) mass is 604 g/mol. The molecule has 18 heteroatoms. The van der Waals surface area contributed by atoms with Gasteiger partial charge in [-0.3, -0.25) is 0 Å². The SMILES string of the molecule is [2H]C([2H])(CC(F)(F)C(F)(F)F)N(c1cc(C(=O)O)cc(S(N)(=O)=O)c1Oc1ccccc1)C([2H])([2H])CC(F)(F)C(F)(F)F. The van der Waals surface area contributed by atoms with E-state index in [2.05, 4.69) is 0 Å². The minimum atomic E-state index is -6.58. The van der Waals surface area contributed by atoms with E-state index in [1.165, 1.54) is 18.2 Å². The summed E-state index contributed by atoms with van der Waals surface area (Å²) < 4.78 is 196. The second-order valence-corrected chi connectivity index (χ2v) is 9.03. The molecule has 0 saturated heterocycles. The van der Waals surface area contributed by atoms with Crippen molar-refractivity contribution in [3.63, 3.8) is 0 Å². The zero-order valence-corrected chi connectivity index (χ0v) is 19.6. The maximum absolute atomic E-state index is 14.1. The van der Waals surface area contributed by atoms with Crippen molar-refractivity contribution in [2.24, 2.45) is 5.14 Å². The predicted molar refractivity (Wildman–Crippen MR) is 115 cm³/mol. The van der Waals surface area contributed by atoms with Crippen molar-refractivity contribution in [3.05, 3.63) is 48.0 Å². The Kier molecular flexibility index (Phi) is 7.37. The standard InChI is InChI=1S/C21H18F10N2O5S/c22-18(23,20(26,27)28)6-8-33(9-7-19(24,25)21(29,30)31)14-10-12(17(34)35)11-15(39(32,36)37)16(14)38-13-4-2-1-3-5-13/h1-5,10-11H,6-9H2,(H,34,35)(H2,32,36,37)/i8D2,9D2. The Bertz CT molecular complexity index is 1420. The smallest absolute Gasteiger partial charge is 0.453 e. The lowest BCUT2D eigenvalue weighted by molar-refractivity contribution is -0.284. The molecule has 0 saturated carbocycles. The summed E-state index contributed by atoms with van der Waals surface area (Å²) in [7, 11) is -5.29. The fourth-order valence-electron chi connectivity index (χ4n) is 2.58. The number of carboxylic acids is 1. The van der Waals surface area contributed by atoms with Gasteiger partial charge in [-0.25, -0.2) is 18.4 Å². The number of sulfonamides is 1. The third-order valence-electron chi connectivity index (χ3n) is 4.54. The van der Waals surface area contributed by atoms with Gasteiger partial charge >= 0.3 is 30.2 Å². The molecular formula is C21H18F10N2O5S. The number of para-hydroxylation sites is 1. The molecule has 0 fully saturated rings. The first-order valence-electron chi connectivity index (χ1n) is 11.9. The summed E-state index contributed by atoms with van der Waals surface area (Å²) in [5.74, 6) is -16.4. The van der Waals surface area contributed by atoms with Gasteiger partial charge < -0.3 is 14.7 Å². The Morgan fingerprint density at radius 2 is 1.36 bits per heavy atom. The van der Waals surface area contributed by atoms with E-state index in [-0.39, 0.29) is 12.1 Å². The first-order chi connectivity index (χ1) is 19.0. The first kappa shape index (κ1) is 26.0. The second kappa shape index (κ2) is 11.1. The van der Waals surface area contributed by atoms with Gasteiger partial charge in [0.1, 0.15) is 10.6 Å². The van der Waals surface area contributed by atoms with Gasteiger partial charge in [0.05, 0.1) is 11.3 Å². The van der Waals surface area contributed by atoms with Gasteiger partial charge in [-0.1, -0.05) is 18.2 Å². The summed E-state index contributed by atoms with van der Waals surface area (Å²) in [5, 5.41) is 14.5. The molecule has 2 aromatic rings. The summed E-state index contributed by atoms with van der Waals surface area (Å²) in [6.45, 7) is -9.29. The van der Waals surface area contributed by atoms with Crippen molar-refractivity contribution < 1.29 is 72.4 Å². The molecule has 0 amide bonds. The highest BCUT2D eigenvalue weighted by Crippen LogP contribution is 2.44. The number of nitrogens with two attached hydrogens (primary N) is 1. The molecule has 218 valence electrons. The number of hydrogen-bond donors (Lipinski definition) is 2. The average molecular weight is 604 g/mol. The zero-order valence-electron chi connectivity index (χ0n) is 22.7. The molecule has 0 radical (unpaired) electrons. The molecule has 7 nitrogen and oxygen atoms in total. The molecule has 3 N–H and O–H groups in total. The molecule has 0 aromatic heterocycles. The molecular weight excluding hydrogens is 582 g/mol. The highest BCUT2D eigenvalue weighted by Gasteiger charge is 2.58. The Labute approximate surface area is 219 Å². The summed E-state index contributed by atoms with van der Waals surface area (Å²) in [6, 6.07) is 5.93. The van der Waals surface area contributed by atoms with Crippen LogP contribution in [-0.4, -0.2) is 56.7 Å². The van der Waals surface area contributed by atoms with Crippen LogP contribution in [0.5, 0.6) is 11.5 Å². The Hall–Kier alpha value is -3.28. The number of hydrogen-bond acceptors (Lipinski definition) is 5. The molecule has 0 atom stereocenters. The van der Waals surface area contributed by atoms with Crippen molar-refractivity contribution >= 4 is 21.7 Å². The predicted octanol–water partition coefficient (Wildman–Crippen LogP) is 5.81. The zero-order chi connectivity index (χ0) is 33.6. The van der Waals surface area contributed by atoms with Gasteiger partial charge in [0.25, 0.3) is 0 Å². The van der Waals surface area contributed by atoms with Crippen LogP contribution in [0, 0.1) is 0 Å². The normalized spacial score (nSPS) is 15.6. The number of carbonyl (C=O) groups is 1. The van der Waals surface area contributed by atoms with Crippen molar-refractivity contribution in [1.29, 1.82) is 0 Å². The van der Waals surface area contributed by atoms with Crippen molar-refractivity contribution in [2.75, 3.05) is 17.9 Å². The van der Waals surface area contributed by atoms with E-state index in [9.17, 15) is 62.2 Å². The number of aromatic carboxylic acids is 1. The maximum atomic E-state index is 14.1. The minimum Gasteiger partial charge on any atom is -0.478 e.